The predicted octanol–water partition coefficient (Wildman–Crippen LogP) is 3.97. The molecule has 5 unspecified atom stereocenters. The van der Waals surface area contributed by atoms with Gasteiger partial charge in [-0.25, -0.2) is 0 Å². The third-order valence-electron chi connectivity index (χ3n) is 9.54. The molecule has 1 aromatic rings. The zero-order valence-electron chi connectivity index (χ0n) is 19.0. The number of ether oxygens (including phenoxy) is 1. The summed E-state index contributed by atoms with van der Waals surface area (Å²) in [7, 11) is 1.66. The fraction of sp³-hybridized carbons (Fsp3) is 0.692. The van der Waals surface area contributed by atoms with Crippen LogP contribution in [0.5, 0.6) is 5.75 Å². The lowest BCUT2D eigenvalue weighted by Crippen LogP contribution is -2.64. The van der Waals surface area contributed by atoms with Crippen LogP contribution in [-0.2, 0) is 16.1 Å². The highest BCUT2D eigenvalue weighted by atomic mass is 16.5. The second-order valence-corrected chi connectivity index (χ2v) is 11.0. The van der Waals surface area contributed by atoms with Gasteiger partial charge in [-0.3, -0.25) is 9.59 Å². The molecule has 1 aromatic carbocycles. The number of benzene rings is 1. The number of hydrogen-bond acceptors (Lipinski definition) is 4. The molecule has 0 spiro atoms. The number of carbonyl (C=O) groups excluding carboxylic acids is 2. The van der Waals surface area contributed by atoms with E-state index in [-0.39, 0.29) is 34.8 Å². The average Bonchev–Trinajstić information content (AvgIpc) is 3.04. The smallest absolute Gasteiger partial charge is 0.223 e. The molecule has 5 heteroatoms. The Hall–Kier alpha value is -1.88. The molecule has 0 radical (unpaired) electrons. The van der Waals surface area contributed by atoms with Crippen LogP contribution in [0.1, 0.15) is 64.4 Å². The molecule has 1 N–H and O–H groups in total. The first-order chi connectivity index (χ1) is 14.8. The summed E-state index contributed by atoms with van der Waals surface area (Å²) in [4.78, 5) is 28.7. The van der Waals surface area contributed by atoms with E-state index in [1.165, 1.54) is 0 Å². The second kappa shape index (κ2) is 7.33. The molecule has 4 fully saturated rings. The predicted molar refractivity (Wildman–Crippen MR) is 117 cm³/mol. The standard InChI is InChI=1S/C26H35NO4/c1-25-13-12-23(30)27(15-16-4-6-17(31-3)7-5-16)21(25)10-8-18-19-9-11-22(29)26(19,2)14-20(28)24(18)25/h4-7,18-19,21-22,24,29H,8-15H2,1-3H3/t18?,19-,21?,22?,24+,25?,26?/m0/s1. The van der Waals surface area contributed by atoms with E-state index in [4.69, 9.17) is 4.74 Å². The molecule has 0 aromatic heterocycles. The van der Waals surface area contributed by atoms with E-state index in [1.807, 2.05) is 24.3 Å². The quantitative estimate of drug-likeness (QED) is 0.796. The van der Waals surface area contributed by atoms with Crippen LogP contribution in [0.25, 0.3) is 0 Å². The number of fused-ring (bicyclic) bond motifs is 5. The second-order valence-electron chi connectivity index (χ2n) is 11.0. The number of methoxy groups -OCH3 is 1. The Morgan fingerprint density at radius 3 is 2.52 bits per heavy atom. The molecule has 1 heterocycles. The molecular weight excluding hydrogens is 390 g/mol. The van der Waals surface area contributed by atoms with Gasteiger partial charge in [0.25, 0.3) is 0 Å². The summed E-state index contributed by atoms with van der Waals surface area (Å²) < 4.78 is 5.27. The van der Waals surface area contributed by atoms with Crippen molar-refractivity contribution in [1.29, 1.82) is 0 Å². The Balaban J connectivity index is 1.44. The van der Waals surface area contributed by atoms with Crippen LogP contribution < -0.4 is 4.74 Å². The summed E-state index contributed by atoms with van der Waals surface area (Å²) in [6, 6.07) is 8.05. The van der Waals surface area contributed by atoms with Crippen molar-refractivity contribution in [1.82, 2.24) is 4.90 Å². The first kappa shape index (κ1) is 21.0. The van der Waals surface area contributed by atoms with Crippen molar-refractivity contribution < 1.29 is 19.4 Å². The number of aliphatic hydroxyl groups excluding tert-OH is 1. The van der Waals surface area contributed by atoms with Crippen molar-refractivity contribution in [3.63, 3.8) is 0 Å². The summed E-state index contributed by atoms with van der Waals surface area (Å²) in [6.45, 7) is 5.00. The topological polar surface area (TPSA) is 66.8 Å². The average molecular weight is 426 g/mol. The minimum absolute atomic E-state index is 0.0149. The van der Waals surface area contributed by atoms with E-state index in [9.17, 15) is 14.7 Å². The largest absolute Gasteiger partial charge is 0.497 e. The molecule has 3 saturated carbocycles. The van der Waals surface area contributed by atoms with Gasteiger partial charge in [0.15, 0.2) is 0 Å². The molecule has 168 valence electrons. The van der Waals surface area contributed by atoms with E-state index in [0.717, 1.165) is 43.4 Å². The van der Waals surface area contributed by atoms with Crippen LogP contribution in [0.4, 0.5) is 0 Å². The zero-order valence-corrected chi connectivity index (χ0v) is 19.0. The monoisotopic (exact) mass is 425 g/mol. The first-order valence-corrected chi connectivity index (χ1v) is 11.9. The number of rotatable bonds is 3. The maximum Gasteiger partial charge on any atom is 0.223 e. The third kappa shape index (κ3) is 3.06. The molecule has 1 saturated heterocycles. The maximum atomic E-state index is 13.6. The number of aliphatic hydroxyl groups is 1. The highest BCUT2D eigenvalue weighted by molar-refractivity contribution is 5.85. The number of likely N-dealkylation sites (tertiary alicyclic amines) is 1. The molecule has 1 amide bonds. The normalized spacial score (nSPS) is 42.1. The minimum Gasteiger partial charge on any atom is -0.497 e. The molecular formula is C26H35NO4. The van der Waals surface area contributed by atoms with Crippen LogP contribution in [0.3, 0.4) is 0 Å². The van der Waals surface area contributed by atoms with Gasteiger partial charge in [0, 0.05) is 36.8 Å². The minimum atomic E-state index is -0.354. The van der Waals surface area contributed by atoms with Gasteiger partial charge < -0.3 is 14.7 Å². The van der Waals surface area contributed by atoms with Gasteiger partial charge >= 0.3 is 0 Å². The molecule has 5 rings (SSSR count). The van der Waals surface area contributed by atoms with Gasteiger partial charge in [0.05, 0.1) is 13.2 Å². The van der Waals surface area contributed by atoms with E-state index >= 15 is 0 Å². The molecule has 3 aliphatic carbocycles. The molecule has 31 heavy (non-hydrogen) atoms. The number of ketones is 1. The number of piperidine rings is 1. The van der Waals surface area contributed by atoms with E-state index in [1.54, 1.807) is 7.11 Å². The lowest BCUT2D eigenvalue weighted by atomic mass is 9.47. The molecule has 7 atom stereocenters. The zero-order chi connectivity index (χ0) is 22.0. The maximum absolute atomic E-state index is 13.6. The van der Waals surface area contributed by atoms with Crippen LogP contribution >= 0.6 is 0 Å². The van der Waals surface area contributed by atoms with Crippen LogP contribution in [0.15, 0.2) is 24.3 Å². The third-order valence-corrected chi connectivity index (χ3v) is 9.54. The van der Waals surface area contributed by atoms with Crippen molar-refractivity contribution in [3.05, 3.63) is 29.8 Å². The molecule has 0 bridgehead atoms. The van der Waals surface area contributed by atoms with Crippen LogP contribution in [0, 0.1) is 28.6 Å². The number of Topliss-reactive ketones (excluding diaryl/α,β-unsaturated/α-hetero) is 1. The fourth-order valence-corrected chi connectivity index (χ4v) is 7.92. The van der Waals surface area contributed by atoms with Gasteiger partial charge in [-0.15, -0.1) is 0 Å². The number of carbonyl (C=O) groups is 2. The highest BCUT2D eigenvalue weighted by Gasteiger charge is 2.64. The lowest BCUT2D eigenvalue weighted by Gasteiger charge is -2.61. The molecule has 5 nitrogen and oxygen atoms in total. The Bertz CT molecular complexity index is 882. The van der Waals surface area contributed by atoms with Gasteiger partial charge in [0.2, 0.25) is 5.91 Å². The van der Waals surface area contributed by atoms with Crippen molar-refractivity contribution in [2.75, 3.05) is 7.11 Å². The number of hydrogen-bond donors (Lipinski definition) is 1. The van der Waals surface area contributed by atoms with Crippen molar-refractivity contribution in [2.24, 2.45) is 28.6 Å². The van der Waals surface area contributed by atoms with E-state index in [0.29, 0.717) is 37.0 Å². The van der Waals surface area contributed by atoms with Crippen molar-refractivity contribution >= 4 is 11.7 Å². The summed E-state index contributed by atoms with van der Waals surface area (Å²) >= 11 is 0. The van der Waals surface area contributed by atoms with Gasteiger partial charge in [-0.1, -0.05) is 26.0 Å². The SMILES string of the molecule is COc1ccc(CN2C(=O)CCC3(C)C2CCC2[C@@H]4CCC(O)C4(C)CC(=O)[C@@H]23)cc1. The Morgan fingerprint density at radius 2 is 1.81 bits per heavy atom. The highest BCUT2D eigenvalue weighted by Crippen LogP contribution is 2.63. The lowest BCUT2D eigenvalue weighted by molar-refractivity contribution is -0.173. The first-order valence-electron chi connectivity index (χ1n) is 11.9. The fourth-order valence-electron chi connectivity index (χ4n) is 7.92. The van der Waals surface area contributed by atoms with Crippen LogP contribution in [0.2, 0.25) is 0 Å². The van der Waals surface area contributed by atoms with Gasteiger partial charge in [0.1, 0.15) is 11.5 Å². The molecule has 4 aliphatic rings. The Labute approximate surface area is 185 Å². The van der Waals surface area contributed by atoms with Gasteiger partial charge in [-0.05, 0) is 67.1 Å². The number of nitrogens with zero attached hydrogens (tertiary/aromatic N) is 1. The molecule has 1 aliphatic heterocycles. The Kier molecular flexibility index (Phi) is 4.96. The van der Waals surface area contributed by atoms with Crippen LogP contribution in [-0.4, -0.2) is 41.0 Å². The van der Waals surface area contributed by atoms with Gasteiger partial charge in [-0.2, -0.15) is 0 Å². The van der Waals surface area contributed by atoms with Crippen molar-refractivity contribution in [2.45, 2.75) is 77.5 Å². The summed E-state index contributed by atoms with van der Waals surface area (Å²) in [5, 5.41) is 10.7. The summed E-state index contributed by atoms with van der Waals surface area (Å²) in [5.41, 5.74) is 0.672. The summed E-state index contributed by atoms with van der Waals surface area (Å²) in [5.74, 6) is 2.14. The van der Waals surface area contributed by atoms with E-state index < -0.39 is 0 Å². The summed E-state index contributed by atoms with van der Waals surface area (Å²) in [6.07, 6.45) is 5.24. The van der Waals surface area contributed by atoms with E-state index in [2.05, 4.69) is 18.7 Å². The van der Waals surface area contributed by atoms with Crippen molar-refractivity contribution in [3.8, 4) is 5.75 Å². The number of amides is 1. The Morgan fingerprint density at radius 1 is 1.06 bits per heavy atom.